The number of anilines is 2. The summed E-state index contributed by atoms with van der Waals surface area (Å²) < 4.78 is 0. The lowest BCUT2D eigenvalue weighted by atomic mass is 9.80. The largest absolute Gasteiger partial charge is 0.397 e. The first kappa shape index (κ1) is 20.0. The Morgan fingerprint density at radius 2 is 1.90 bits per heavy atom. The Hall–Kier alpha value is -2.98. The fraction of sp³-hybridized carbons (Fsp3) is 0.222. The topological polar surface area (TPSA) is 55.1 Å². The zero-order chi connectivity index (χ0) is 21.6. The normalized spacial score (nSPS) is 16.3. The van der Waals surface area contributed by atoms with E-state index in [2.05, 4.69) is 43.4 Å². The van der Waals surface area contributed by atoms with E-state index in [0.29, 0.717) is 16.9 Å². The van der Waals surface area contributed by atoms with Crippen LogP contribution in [-0.4, -0.2) is 11.7 Å². The lowest BCUT2D eigenvalue weighted by Gasteiger charge is -2.32. The van der Waals surface area contributed by atoms with Crippen molar-refractivity contribution in [3.63, 3.8) is 0 Å². The number of fused-ring (bicyclic) bond motifs is 2. The third kappa shape index (κ3) is 3.77. The molecule has 0 saturated heterocycles. The van der Waals surface area contributed by atoms with Crippen LogP contribution in [0.2, 0.25) is 0 Å². The van der Waals surface area contributed by atoms with Gasteiger partial charge in [0.2, 0.25) is 0 Å². The number of carbonyl (C=O) groups excluding carboxylic acids is 1. The highest BCUT2D eigenvalue weighted by atomic mass is 32.2. The Bertz CT molecular complexity index is 1230. The van der Waals surface area contributed by atoms with Crippen LogP contribution in [0.4, 0.5) is 11.4 Å². The van der Waals surface area contributed by atoms with Gasteiger partial charge in [-0.1, -0.05) is 44.2 Å². The maximum atomic E-state index is 12.8. The monoisotopic (exact) mass is 426 g/mol. The molecule has 3 aromatic carbocycles. The summed E-state index contributed by atoms with van der Waals surface area (Å²) >= 11 is 1.96. The maximum absolute atomic E-state index is 12.8. The molecular formula is C27H26N2OS. The first-order valence-electron chi connectivity index (χ1n) is 10.7. The summed E-state index contributed by atoms with van der Waals surface area (Å²) in [4.78, 5) is 14.2. The van der Waals surface area contributed by atoms with E-state index in [0.717, 1.165) is 6.42 Å². The van der Waals surface area contributed by atoms with Gasteiger partial charge in [0.15, 0.2) is 0 Å². The average molecular weight is 427 g/mol. The molecule has 1 aliphatic carbocycles. The molecule has 0 saturated carbocycles. The SMILES string of the molecule is CC1(C)CCSc2ccc(C3=Cc4ccc(C(=O)Nc5ccccc5N)cc4C3)cc21. The minimum absolute atomic E-state index is 0.137. The van der Waals surface area contributed by atoms with Gasteiger partial charge in [-0.3, -0.25) is 4.79 Å². The van der Waals surface area contributed by atoms with E-state index in [4.69, 9.17) is 5.73 Å². The van der Waals surface area contributed by atoms with Crippen molar-refractivity contribution in [2.45, 2.75) is 37.0 Å². The molecule has 0 bridgehead atoms. The van der Waals surface area contributed by atoms with E-state index in [1.807, 2.05) is 48.2 Å². The molecule has 4 heteroatoms. The number of allylic oxidation sites excluding steroid dienone is 1. The van der Waals surface area contributed by atoms with E-state index < -0.39 is 0 Å². The van der Waals surface area contributed by atoms with E-state index in [-0.39, 0.29) is 11.3 Å². The molecule has 3 N–H and O–H groups in total. The van der Waals surface area contributed by atoms with Crippen LogP contribution in [0.1, 0.15) is 52.9 Å². The van der Waals surface area contributed by atoms with Crippen LogP contribution in [0.15, 0.2) is 65.6 Å². The van der Waals surface area contributed by atoms with Crippen LogP contribution in [0.25, 0.3) is 11.6 Å². The molecule has 1 aliphatic heterocycles. The van der Waals surface area contributed by atoms with E-state index in [1.54, 1.807) is 6.07 Å². The number of nitrogen functional groups attached to an aromatic ring is 1. The first-order chi connectivity index (χ1) is 14.9. The minimum atomic E-state index is -0.137. The molecule has 1 heterocycles. The van der Waals surface area contributed by atoms with Gasteiger partial charge in [-0.2, -0.15) is 0 Å². The van der Waals surface area contributed by atoms with Crippen molar-refractivity contribution in [2.75, 3.05) is 16.8 Å². The van der Waals surface area contributed by atoms with Crippen molar-refractivity contribution < 1.29 is 4.79 Å². The van der Waals surface area contributed by atoms with Crippen molar-refractivity contribution in [3.05, 3.63) is 88.5 Å². The van der Waals surface area contributed by atoms with Gasteiger partial charge < -0.3 is 11.1 Å². The highest BCUT2D eigenvalue weighted by Crippen LogP contribution is 2.43. The summed E-state index contributed by atoms with van der Waals surface area (Å²) in [6.07, 6.45) is 4.31. The Balaban J connectivity index is 1.38. The fourth-order valence-corrected chi connectivity index (χ4v) is 5.90. The highest BCUT2D eigenvalue weighted by Gasteiger charge is 2.28. The number of nitrogens with two attached hydrogens (primary N) is 1. The molecule has 3 aromatic rings. The molecule has 3 nitrogen and oxygen atoms in total. The van der Waals surface area contributed by atoms with Gasteiger partial charge in [-0.25, -0.2) is 0 Å². The second-order valence-electron chi connectivity index (χ2n) is 8.99. The molecule has 2 aliphatic rings. The number of hydrogen-bond acceptors (Lipinski definition) is 3. The molecule has 0 aromatic heterocycles. The third-order valence-corrected chi connectivity index (χ3v) is 7.46. The van der Waals surface area contributed by atoms with Gasteiger partial charge in [-0.15, -0.1) is 11.8 Å². The van der Waals surface area contributed by atoms with Crippen LogP contribution in [0, 0.1) is 0 Å². The number of hydrogen-bond donors (Lipinski definition) is 2. The summed E-state index contributed by atoms with van der Waals surface area (Å²) in [7, 11) is 0. The minimum Gasteiger partial charge on any atom is -0.397 e. The standard InChI is InChI=1S/C27H26N2OS/c1-27(2)11-12-31-25-10-9-18(16-22(25)27)20-13-17-7-8-19(14-21(17)15-20)26(30)29-24-6-4-3-5-23(24)28/h3-10,13-14,16H,11-12,15,28H2,1-2H3,(H,29,30). The van der Waals surface area contributed by atoms with Crippen molar-refractivity contribution in [2.24, 2.45) is 0 Å². The molecule has 0 spiro atoms. The van der Waals surface area contributed by atoms with Gasteiger partial charge in [0.1, 0.15) is 0 Å². The fourth-order valence-electron chi connectivity index (χ4n) is 4.41. The molecule has 0 unspecified atom stereocenters. The van der Waals surface area contributed by atoms with Crippen molar-refractivity contribution in [1.29, 1.82) is 0 Å². The molecule has 1 amide bonds. The summed E-state index contributed by atoms with van der Waals surface area (Å²) in [5.74, 6) is 1.05. The van der Waals surface area contributed by atoms with Gasteiger partial charge >= 0.3 is 0 Å². The number of rotatable bonds is 3. The Morgan fingerprint density at radius 3 is 2.74 bits per heavy atom. The van der Waals surface area contributed by atoms with Crippen molar-refractivity contribution in [1.82, 2.24) is 0 Å². The average Bonchev–Trinajstić information content (AvgIpc) is 3.18. The molecule has 31 heavy (non-hydrogen) atoms. The number of para-hydroxylation sites is 2. The van der Waals surface area contributed by atoms with Gasteiger partial charge in [0, 0.05) is 10.5 Å². The smallest absolute Gasteiger partial charge is 0.255 e. The van der Waals surface area contributed by atoms with Crippen LogP contribution >= 0.6 is 11.8 Å². The first-order valence-corrected chi connectivity index (χ1v) is 11.7. The van der Waals surface area contributed by atoms with Crippen LogP contribution in [0.5, 0.6) is 0 Å². The lowest BCUT2D eigenvalue weighted by molar-refractivity contribution is 0.102. The number of carbonyl (C=O) groups is 1. The van der Waals surface area contributed by atoms with E-state index in [1.165, 1.54) is 44.9 Å². The number of nitrogens with one attached hydrogen (secondary N) is 1. The number of thioether (sulfide) groups is 1. The zero-order valence-corrected chi connectivity index (χ0v) is 18.7. The second-order valence-corrected chi connectivity index (χ2v) is 10.1. The maximum Gasteiger partial charge on any atom is 0.255 e. The molecule has 0 atom stereocenters. The molecule has 0 fully saturated rings. The van der Waals surface area contributed by atoms with Crippen LogP contribution in [-0.2, 0) is 11.8 Å². The number of benzene rings is 3. The summed E-state index contributed by atoms with van der Waals surface area (Å²) in [5, 5.41) is 2.92. The molecule has 5 rings (SSSR count). The summed E-state index contributed by atoms with van der Waals surface area (Å²) in [6, 6.07) is 20.2. The van der Waals surface area contributed by atoms with E-state index >= 15 is 0 Å². The molecule has 0 radical (unpaired) electrons. The van der Waals surface area contributed by atoms with Crippen LogP contribution in [0.3, 0.4) is 0 Å². The van der Waals surface area contributed by atoms with Gasteiger partial charge in [0.25, 0.3) is 5.91 Å². The Labute approximate surface area is 187 Å². The summed E-state index contributed by atoms with van der Waals surface area (Å²) in [6.45, 7) is 4.69. The predicted molar refractivity (Wildman–Crippen MR) is 132 cm³/mol. The van der Waals surface area contributed by atoms with Crippen LogP contribution < -0.4 is 11.1 Å². The van der Waals surface area contributed by atoms with E-state index in [9.17, 15) is 4.79 Å². The Morgan fingerprint density at radius 1 is 1.06 bits per heavy atom. The molecule has 156 valence electrons. The van der Waals surface area contributed by atoms with Crippen molar-refractivity contribution >= 4 is 40.7 Å². The number of amides is 1. The quantitative estimate of drug-likeness (QED) is 0.477. The predicted octanol–water partition coefficient (Wildman–Crippen LogP) is 6.39. The van der Waals surface area contributed by atoms with Gasteiger partial charge in [-0.05, 0) is 88.2 Å². The zero-order valence-electron chi connectivity index (χ0n) is 17.9. The van der Waals surface area contributed by atoms with Gasteiger partial charge in [0.05, 0.1) is 11.4 Å². The second kappa shape index (κ2) is 7.61. The third-order valence-electron chi connectivity index (χ3n) is 6.39. The lowest BCUT2D eigenvalue weighted by Crippen LogP contribution is -2.22. The highest BCUT2D eigenvalue weighted by molar-refractivity contribution is 7.99. The Kier molecular flexibility index (Phi) is 4.90. The summed E-state index contributed by atoms with van der Waals surface area (Å²) in [5.41, 5.74) is 14.5. The van der Waals surface area contributed by atoms with Crippen molar-refractivity contribution in [3.8, 4) is 0 Å². The molecular weight excluding hydrogens is 400 g/mol.